The molecular weight excluding hydrogens is 210 g/mol. The number of hydrogen-bond acceptors (Lipinski definition) is 4. The predicted molar refractivity (Wildman–Crippen MR) is 59.5 cm³/mol. The second-order valence-electron chi connectivity index (χ2n) is 2.42. The number of carbonyl (C=O) groups is 1. The topological polar surface area (TPSA) is 52.3 Å². The molecule has 0 aromatic heterocycles. The van der Waals surface area contributed by atoms with E-state index in [0.717, 1.165) is 18.6 Å². The molecule has 5 heteroatoms. The molecule has 0 aliphatic rings. The summed E-state index contributed by atoms with van der Waals surface area (Å²) in [5.74, 6) is 1.13. The number of nitrogens with two attached hydrogens (primary N) is 1. The molecule has 0 spiro atoms. The van der Waals surface area contributed by atoms with Gasteiger partial charge in [-0.05, 0) is 6.42 Å². The van der Waals surface area contributed by atoms with Crippen LogP contribution in [0.3, 0.4) is 0 Å². The Kier molecular flexibility index (Phi) is 14.4. The van der Waals surface area contributed by atoms with Crippen LogP contribution in [-0.2, 0) is 9.53 Å². The van der Waals surface area contributed by atoms with Crippen LogP contribution in [0.4, 0.5) is 0 Å². The quantitative estimate of drug-likeness (QED) is 0.528. The summed E-state index contributed by atoms with van der Waals surface area (Å²) in [6, 6.07) is 0. The number of ether oxygens (including phenoxy) is 1. The Labute approximate surface area is 90.2 Å². The smallest absolute Gasteiger partial charge is 0.315 e. The Morgan fingerprint density at radius 3 is 2.77 bits per heavy atom. The second-order valence-corrected chi connectivity index (χ2v) is 3.52. The molecule has 0 aliphatic carbocycles. The van der Waals surface area contributed by atoms with Crippen molar-refractivity contribution in [2.24, 2.45) is 5.73 Å². The predicted octanol–water partition coefficient (Wildman–Crippen LogP) is 1.44. The lowest BCUT2D eigenvalue weighted by atomic mass is 10.4. The van der Waals surface area contributed by atoms with E-state index in [-0.39, 0.29) is 18.4 Å². The summed E-state index contributed by atoms with van der Waals surface area (Å²) in [4.78, 5) is 10.9. The molecule has 0 aromatic carbocycles. The molecule has 13 heavy (non-hydrogen) atoms. The van der Waals surface area contributed by atoms with Crippen LogP contribution in [0.15, 0.2) is 0 Å². The van der Waals surface area contributed by atoms with Gasteiger partial charge in [0, 0.05) is 12.3 Å². The number of rotatable bonds is 7. The highest BCUT2D eigenvalue weighted by Crippen LogP contribution is 1.99. The highest BCUT2D eigenvalue weighted by molar-refractivity contribution is 7.99. The van der Waals surface area contributed by atoms with Gasteiger partial charge in [0.25, 0.3) is 0 Å². The second kappa shape index (κ2) is 12.1. The third kappa shape index (κ3) is 12.1. The van der Waals surface area contributed by atoms with Gasteiger partial charge < -0.3 is 10.5 Å². The van der Waals surface area contributed by atoms with Crippen LogP contribution in [0.1, 0.15) is 19.8 Å². The maximum absolute atomic E-state index is 10.9. The van der Waals surface area contributed by atoms with Gasteiger partial charge in [0.15, 0.2) is 0 Å². The molecule has 0 amide bonds. The van der Waals surface area contributed by atoms with Crippen molar-refractivity contribution in [1.29, 1.82) is 0 Å². The highest BCUT2D eigenvalue weighted by atomic mass is 35.5. The first-order valence-corrected chi connectivity index (χ1v) is 5.40. The summed E-state index contributed by atoms with van der Waals surface area (Å²) in [5.41, 5.74) is 5.26. The van der Waals surface area contributed by atoms with E-state index in [2.05, 4.69) is 6.92 Å². The molecule has 0 saturated carbocycles. The van der Waals surface area contributed by atoms with Gasteiger partial charge in [0.1, 0.15) is 0 Å². The van der Waals surface area contributed by atoms with E-state index in [9.17, 15) is 4.79 Å². The van der Waals surface area contributed by atoms with Crippen molar-refractivity contribution in [3.8, 4) is 0 Å². The number of unbranched alkanes of at least 4 members (excludes halogenated alkanes) is 1. The Morgan fingerprint density at radius 1 is 1.54 bits per heavy atom. The molecule has 2 N–H and O–H groups in total. The molecule has 3 nitrogen and oxygen atoms in total. The Balaban J connectivity index is 0. The summed E-state index contributed by atoms with van der Waals surface area (Å²) in [5, 5.41) is 0. The van der Waals surface area contributed by atoms with Gasteiger partial charge in [-0.25, -0.2) is 0 Å². The lowest BCUT2D eigenvalue weighted by Crippen LogP contribution is -2.10. The maximum Gasteiger partial charge on any atom is 0.315 e. The maximum atomic E-state index is 10.9. The standard InChI is InChI=1S/C8H17NO2S.ClH/c1-2-3-5-11-8(10)7-12-6-4-9;/h2-7,9H2,1H3;1H. The summed E-state index contributed by atoms with van der Waals surface area (Å²) in [6.07, 6.45) is 2.01. The highest BCUT2D eigenvalue weighted by Gasteiger charge is 2.00. The van der Waals surface area contributed by atoms with Gasteiger partial charge in [0.2, 0.25) is 0 Å². The van der Waals surface area contributed by atoms with Crippen LogP contribution < -0.4 is 5.73 Å². The van der Waals surface area contributed by atoms with Gasteiger partial charge in [-0.15, -0.1) is 24.2 Å². The zero-order chi connectivity index (χ0) is 9.23. The first kappa shape index (κ1) is 15.5. The molecule has 0 fully saturated rings. The molecule has 0 atom stereocenters. The van der Waals surface area contributed by atoms with Crippen molar-refractivity contribution in [3.63, 3.8) is 0 Å². The van der Waals surface area contributed by atoms with Crippen LogP contribution in [0.25, 0.3) is 0 Å². The largest absolute Gasteiger partial charge is 0.465 e. The van der Waals surface area contributed by atoms with E-state index in [0.29, 0.717) is 18.9 Å². The minimum absolute atomic E-state index is 0. The normalized spacial score (nSPS) is 9.08. The van der Waals surface area contributed by atoms with Crippen LogP contribution >= 0.6 is 24.2 Å². The number of halogens is 1. The number of esters is 1. The van der Waals surface area contributed by atoms with E-state index >= 15 is 0 Å². The average Bonchev–Trinajstić information content (AvgIpc) is 2.06. The fraction of sp³-hybridized carbons (Fsp3) is 0.875. The minimum Gasteiger partial charge on any atom is -0.465 e. The molecule has 0 rings (SSSR count). The zero-order valence-corrected chi connectivity index (χ0v) is 9.59. The first-order chi connectivity index (χ1) is 5.81. The van der Waals surface area contributed by atoms with E-state index < -0.39 is 0 Å². The molecule has 0 aliphatic heterocycles. The average molecular weight is 228 g/mol. The monoisotopic (exact) mass is 227 g/mol. The van der Waals surface area contributed by atoms with E-state index in [1.54, 1.807) is 0 Å². The summed E-state index contributed by atoms with van der Waals surface area (Å²) in [6.45, 7) is 3.24. The lowest BCUT2D eigenvalue weighted by molar-refractivity contribution is -0.140. The van der Waals surface area contributed by atoms with E-state index in [1.807, 2.05) is 0 Å². The van der Waals surface area contributed by atoms with Crippen LogP contribution in [0.5, 0.6) is 0 Å². The molecule has 0 unspecified atom stereocenters. The molecule has 0 saturated heterocycles. The third-order valence-electron chi connectivity index (χ3n) is 1.24. The molecule has 0 radical (unpaired) electrons. The third-order valence-corrected chi connectivity index (χ3v) is 2.21. The fourth-order valence-corrected chi connectivity index (χ4v) is 1.17. The number of carbonyl (C=O) groups excluding carboxylic acids is 1. The van der Waals surface area contributed by atoms with Crippen molar-refractivity contribution >= 4 is 30.1 Å². The molecule has 0 aromatic rings. The fourth-order valence-electron chi connectivity index (χ4n) is 0.611. The van der Waals surface area contributed by atoms with Crippen molar-refractivity contribution in [2.45, 2.75) is 19.8 Å². The Bertz CT molecular complexity index is 113. The van der Waals surface area contributed by atoms with Crippen LogP contribution in [0, 0.1) is 0 Å². The Hall–Kier alpha value is 0.0700. The summed E-state index contributed by atoms with van der Waals surface area (Å²) in [7, 11) is 0. The zero-order valence-electron chi connectivity index (χ0n) is 7.95. The summed E-state index contributed by atoms with van der Waals surface area (Å²) < 4.78 is 4.93. The van der Waals surface area contributed by atoms with Crippen LogP contribution in [0.2, 0.25) is 0 Å². The van der Waals surface area contributed by atoms with Gasteiger partial charge in [-0.2, -0.15) is 0 Å². The minimum atomic E-state index is -0.123. The van der Waals surface area contributed by atoms with Gasteiger partial charge in [0.05, 0.1) is 12.4 Å². The van der Waals surface area contributed by atoms with Gasteiger partial charge in [-0.1, -0.05) is 13.3 Å². The number of hydrogen-bond donors (Lipinski definition) is 1. The molecule has 80 valence electrons. The van der Waals surface area contributed by atoms with Crippen molar-refractivity contribution < 1.29 is 9.53 Å². The van der Waals surface area contributed by atoms with Crippen molar-refractivity contribution in [3.05, 3.63) is 0 Å². The Morgan fingerprint density at radius 2 is 2.23 bits per heavy atom. The van der Waals surface area contributed by atoms with Crippen molar-refractivity contribution in [1.82, 2.24) is 0 Å². The van der Waals surface area contributed by atoms with Gasteiger partial charge in [-0.3, -0.25) is 4.79 Å². The molecule has 0 bridgehead atoms. The first-order valence-electron chi connectivity index (χ1n) is 4.24. The molecular formula is C8H18ClNO2S. The van der Waals surface area contributed by atoms with Gasteiger partial charge >= 0.3 is 5.97 Å². The lowest BCUT2D eigenvalue weighted by Gasteiger charge is -2.02. The number of thioether (sulfide) groups is 1. The summed E-state index contributed by atoms with van der Waals surface area (Å²) >= 11 is 1.52. The molecule has 0 heterocycles. The van der Waals surface area contributed by atoms with Crippen molar-refractivity contribution in [2.75, 3.05) is 24.7 Å². The van der Waals surface area contributed by atoms with E-state index in [1.165, 1.54) is 11.8 Å². The van der Waals surface area contributed by atoms with Crippen LogP contribution in [-0.4, -0.2) is 30.6 Å². The van der Waals surface area contributed by atoms with E-state index in [4.69, 9.17) is 10.5 Å². The SMILES string of the molecule is CCCCOC(=O)CSCCN.Cl.